The predicted molar refractivity (Wildman–Crippen MR) is 38.1 cm³/mol. The number of nitrogens with zero attached hydrogens (tertiary/aromatic N) is 2. The van der Waals surface area contributed by atoms with E-state index in [1.807, 2.05) is 0 Å². The van der Waals surface area contributed by atoms with Crippen LogP contribution in [0, 0.1) is 6.92 Å². The van der Waals surface area contributed by atoms with E-state index in [1.54, 1.807) is 13.0 Å². The van der Waals surface area contributed by atoms with Gasteiger partial charge in [0.1, 0.15) is 0 Å². The first kappa shape index (κ1) is 8.09. The monoisotopic (exact) mass is 173 g/mol. The maximum Gasteiger partial charge on any atom is 0.273 e. The number of hydrogen-bond donors (Lipinski definition) is 1. The van der Waals surface area contributed by atoms with Gasteiger partial charge in [-0.2, -0.15) is 0 Å². The van der Waals surface area contributed by atoms with Gasteiger partial charge in [-0.1, -0.05) is 0 Å². The van der Waals surface area contributed by atoms with Crippen LogP contribution in [-0.4, -0.2) is 18.4 Å². The fourth-order valence-electron chi connectivity index (χ4n) is 0.563. The second-order valence-electron chi connectivity index (χ2n) is 2.03. The molecule has 1 rings (SSSR count). The molecule has 0 bridgehead atoms. The van der Waals surface area contributed by atoms with Crippen LogP contribution >= 0.6 is 0 Å². The summed E-state index contributed by atoms with van der Waals surface area (Å²) in [6.45, 7) is 1.66. The van der Waals surface area contributed by atoms with E-state index in [4.69, 9.17) is 5.14 Å². The van der Waals surface area contributed by atoms with Gasteiger partial charge >= 0.3 is 0 Å². The summed E-state index contributed by atoms with van der Waals surface area (Å²) in [4.78, 5) is 7.11. The maximum atomic E-state index is 10.6. The van der Waals surface area contributed by atoms with Crippen molar-refractivity contribution in [1.82, 2.24) is 9.97 Å². The maximum absolute atomic E-state index is 10.6. The predicted octanol–water partition coefficient (Wildman–Crippen LogP) is -0.568. The third-order valence-electron chi connectivity index (χ3n) is 1.03. The van der Waals surface area contributed by atoms with E-state index in [-0.39, 0.29) is 5.16 Å². The number of sulfonamides is 1. The first-order chi connectivity index (χ1) is 5.00. The zero-order valence-electron chi connectivity index (χ0n) is 5.85. The van der Waals surface area contributed by atoms with Crippen LogP contribution in [0.3, 0.4) is 0 Å². The smallest absolute Gasteiger partial charge is 0.226 e. The fraction of sp³-hybridized carbons (Fsp3) is 0.200. The Bertz CT molecular complexity index is 360. The molecule has 0 aliphatic heterocycles. The highest BCUT2D eigenvalue weighted by Gasteiger charge is 2.09. The third kappa shape index (κ3) is 1.95. The standard InChI is InChI=1S/C5H7N3O2S/c1-4-2-3-7-5(8-4)11(6,9)10/h2-3H,1H3,(H2,6,9,10). The lowest BCUT2D eigenvalue weighted by Gasteiger charge is -1.95. The Balaban J connectivity index is 3.28. The van der Waals surface area contributed by atoms with Crippen LogP contribution in [-0.2, 0) is 10.0 Å². The first-order valence-electron chi connectivity index (χ1n) is 2.82. The summed E-state index contributed by atoms with van der Waals surface area (Å²) in [6, 6.07) is 1.59. The van der Waals surface area contributed by atoms with Gasteiger partial charge < -0.3 is 0 Å². The van der Waals surface area contributed by atoms with Gasteiger partial charge in [0.25, 0.3) is 15.2 Å². The molecule has 0 saturated heterocycles. The lowest BCUT2D eigenvalue weighted by Crippen LogP contribution is -2.15. The topological polar surface area (TPSA) is 85.9 Å². The second-order valence-corrected chi connectivity index (χ2v) is 3.48. The lowest BCUT2D eigenvalue weighted by atomic mass is 10.5. The van der Waals surface area contributed by atoms with Gasteiger partial charge in [0.15, 0.2) is 0 Å². The quantitative estimate of drug-likeness (QED) is 0.576. The zero-order chi connectivity index (χ0) is 8.48. The van der Waals surface area contributed by atoms with Crippen LogP contribution < -0.4 is 5.14 Å². The number of primary sulfonamides is 1. The van der Waals surface area contributed by atoms with Gasteiger partial charge in [-0.3, -0.25) is 0 Å². The van der Waals surface area contributed by atoms with Crippen molar-refractivity contribution in [1.29, 1.82) is 0 Å². The number of aromatic nitrogens is 2. The van der Waals surface area contributed by atoms with Crippen molar-refractivity contribution < 1.29 is 8.42 Å². The molecule has 0 aliphatic rings. The number of rotatable bonds is 1. The molecule has 1 aromatic heterocycles. The summed E-state index contributed by atoms with van der Waals surface area (Å²) >= 11 is 0. The molecule has 0 atom stereocenters. The number of hydrogen-bond acceptors (Lipinski definition) is 4. The average molecular weight is 173 g/mol. The molecule has 60 valence electrons. The van der Waals surface area contributed by atoms with E-state index in [0.29, 0.717) is 5.69 Å². The van der Waals surface area contributed by atoms with Crippen molar-refractivity contribution in [2.75, 3.05) is 0 Å². The highest BCUT2D eigenvalue weighted by molar-refractivity contribution is 7.89. The largest absolute Gasteiger partial charge is 0.273 e. The normalized spacial score (nSPS) is 11.5. The Morgan fingerprint density at radius 1 is 1.55 bits per heavy atom. The van der Waals surface area contributed by atoms with E-state index >= 15 is 0 Å². The first-order valence-corrected chi connectivity index (χ1v) is 4.37. The van der Waals surface area contributed by atoms with Crippen LogP contribution in [0.15, 0.2) is 17.4 Å². The minimum Gasteiger partial charge on any atom is -0.226 e. The van der Waals surface area contributed by atoms with Crippen LogP contribution in [0.5, 0.6) is 0 Å². The number of aryl methyl sites for hydroxylation is 1. The molecule has 5 nitrogen and oxygen atoms in total. The molecule has 1 heterocycles. The van der Waals surface area contributed by atoms with Gasteiger partial charge in [-0.25, -0.2) is 23.5 Å². The molecule has 0 unspecified atom stereocenters. The highest BCUT2D eigenvalue weighted by Crippen LogP contribution is 1.97. The summed E-state index contributed by atoms with van der Waals surface area (Å²) in [7, 11) is -3.75. The van der Waals surface area contributed by atoms with Crippen LogP contribution in [0.2, 0.25) is 0 Å². The number of nitrogens with two attached hydrogens (primary N) is 1. The Kier molecular flexibility index (Phi) is 1.88. The lowest BCUT2D eigenvalue weighted by molar-refractivity contribution is 0.588. The Hall–Kier alpha value is -1.01. The highest BCUT2D eigenvalue weighted by atomic mass is 32.2. The van der Waals surface area contributed by atoms with E-state index in [2.05, 4.69) is 9.97 Å². The second kappa shape index (κ2) is 2.55. The zero-order valence-corrected chi connectivity index (χ0v) is 6.67. The summed E-state index contributed by atoms with van der Waals surface area (Å²) in [5.41, 5.74) is 0.573. The summed E-state index contributed by atoms with van der Waals surface area (Å²) < 4.78 is 21.3. The molecular formula is C5H7N3O2S. The molecule has 0 aromatic carbocycles. The fourth-order valence-corrected chi connectivity index (χ4v) is 1.04. The molecule has 6 heteroatoms. The molecule has 0 fully saturated rings. The molecule has 0 aliphatic carbocycles. The van der Waals surface area contributed by atoms with Crippen molar-refractivity contribution >= 4 is 10.0 Å². The van der Waals surface area contributed by atoms with Gasteiger partial charge in [-0.05, 0) is 13.0 Å². The van der Waals surface area contributed by atoms with E-state index in [9.17, 15) is 8.42 Å². The average Bonchev–Trinajstić information content (AvgIpc) is 1.86. The Morgan fingerprint density at radius 2 is 2.18 bits per heavy atom. The third-order valence-corrected chi connectivity index (χ3v) is 1.73. The Morgan fingerprint density at radius 3 is 2.55 bits per heavy atom. The molecule has 2 N–H and O–H groups in total. The van der Waals surface area contributed by atoms with E-state index in [0.717, 1.165) is 0 Å². The summed E-state index contributed by atoms with van der Waals surface area (Å²) in [5.74, 6) is 0. The summed E-state index contributed by atoms with van der Waals surface area (Å²) in [5, 5.41) is 4.44. The van der Waals surface area contributed by atoms with Crippen molar-refractivity contribution in [3.05, 3.63) is 18.0 Å². The minimum absolute atomic E-state index is 0.336. The summed E-state index contributed by atoms with van der Waals surface area (Å²) in [6.07, 6.45) is 1.35. The van der Waals surface area contributed by atoms with Gasteiger partial charge in [-0.15, -0.1) is 0 Å². The molecule has 0 saturated carbocycles. The molecule has 0 radical (unpaired) electrons. The molecule has 1 aromatic rings. The molecule has 11 heavy (non-hydrogen) atoms. The van der Waals surface area contributed by atoms with Gasteiger partial charge in [0.2, 0.25) is 0 Å². The SMILES string of the molecule is Cc1ccnc(S(N)(=O)=O)n1. The molecular weight excluding hydrogens is 166 g/mol. The molecule has 0 spiro atoms. The Labute approximate surface area is 64.3 Å². The van der Waals surface area contributed by atoms with E-state index < -0.39 is 10.0 Å². The van der Waals surface area contributed by atoms with Crippen LogP contribution in [0.1, 0.15) is 5.69 Å². The van der Waals surface area contributed by atoms with Crippen molar-refractivity contribution in [2.45, 2.75) is 12.1 Å². The van der Waals surface area contributed by atoms with E-state index in [1.165, 1.54) is 6.20 Å². The van der Waals surface area contributed by atoms with Crippen LogP contribution in [0.4, 0.5) is 0 Å². The minimum atomic E-state index is -3.75. The van der Waals surface area contributed by atoms with Gasteiger partial charge in [0.05, 0.1) is 0 Å². The van der Waals surface area contributed by atoms with Crippen molar-refractivity contribution in [3.63, 3.8) is 0 Å². The molecule has 0 amide bonds. The van der Waals surface area contributed by atoms with Crippen molar-refractivity contribution in [3.8, 4) is 0 Å². The van der Waals surface area contributed by atoms with Crippen LogP contribution in [0.25, 0.3) is 0 Å². The van der Waals surface area contributed by atoms with Gasteiger partial charge in [0, 0.05) is 11.9 Å². The van der Waals surface area contributed by atoms with Crippen molar-refractivity contribution in [2.24, 2.45) is 5.14 Å².